The van der Waals surface area contributed by atoms with Gasteiger partial charge in [-0.25, -0.2) is 0 Å². The van der Waals surface area contributed by atoms with Gasteiger partial charge in [0.05, 0.1) is 22.6 Å². The minimum Gasteiger partial charge on any atom is -0.399 e. The summed E-state index contributed by atoms with van der Waals surface area (Å²) in [7, 11) is -0.378. The zero-order chi connectivity index (χ0) is 22.2. The molecular formula is C25H32BNO3S. The van der Waals surface area contributed by atoms with Crippen LogP contribution >= 0.6 is 11.8 Å². The molecule has 2 heterocycles. The van der Waals surface area contributed by atoms with Gasteiger partial charge in [0.2, 0.25) is 0 Å². The Kier molecular flexibility index (Phi) is 6.26. The number of carbonyl (C=O) groups is 1. The smallest absolute Gasteiger partial charge is 0.399 e. The normalized spacial score (nSPS) is 18.6. The average molecular weight is 437 g/mol. The maximum atomic E-state index is 11.4. The lowest BCUT2D eigenvalue weighted by molar-refractivity contribution is 0.00578. The highest BCUT2D eigenvalue weighted by molar-refractivity contribution is 7.99. The first-order valence-electron chi connectivity index (χ1n) is 11.3. The van der Waals surface area contributed by atoms with Crippen molar-refractivity contribution in [3.05, 3.63) is 42.0 Å². The number of unbranched alkanes of at least 4 members (excludes halogenated alkanes) is 3. The van der Waals surface area contributed by atoms with E-state index in [0.29, 0.717) is 5.56 Å². The number of hydrogen-bond donors (Lipinski definition) is 0. The summed E-state index contributed by atoms with van der Waals surface area (Å²) in [5, 5.41) is 0. The van der Waals surface area contributed by atoms with Gasteiger partial charge in [0, 0.05) is 21.9 Å². The zero-order valence-electron chi connectivity index (χ0n) is 19.2. The third-order valence-corrected chi connectivity index (χ3v) is 7.76. The number of anilines is 2. The van der Waals surface area contributed by atoms with Crippen molar-refractivity contribution in [2.24, 2.45) is 0 Å². The first-order chi connectivity index (χ1) is 14.8. The largest absolute Gasteiger partial charge is 0.494 e. The van der Waals surface area contributed by atoms with Crippen molar-refractivity contribution in [3.8, 4) is 0 Å². The molecule has 0 spiro atoms. The highest BCUT2D eigenvalue weighted by atomic mass is 32.2. The van der Waals surface area contributed by atoms with Crippen LogP contribution in [0.4, 0.5) is 11.4 Å². The fraction of sp³-hybridized carbons (Fsp3) is 0.480. The van der Waals surface area contributed by atoms with E-state index in [0.717, 1.165) is 29.6 Å². The molecule has 0 N–H and O–H groups in total. The quantitative estimate of drug-likeness (QED) is 0.303. The molecule has 6 heteroatoms. The van der Waals surface area contributed by atoms with Crippen LogP contribution in [-0.4, -0.2) is 31.2 Å². The number of hydrogen-bond acceptors (Lipinski definition) is 5. The Bertz CT molecular complexity index is 959. The fourth-order valence-electron chi connectivity index (χ4n) is 4.06. The van der Waals surface area contributed by atoms with Crippen molar-refractivity contribution in [1.82, 2.24) is 0 Å². The van der Waals surface area contributed by atoms with Crippen molar-refractivity contribution in [2.75, 3.05) is 11.4 Å². The van der Waals surface area contributed by atoms with Crippen molar-refractivity contribution < 1.29 is 14.1 Å². The fourth-order valence-corrected chi connectivity index (χ4v) is 5.25. The number of aldehydes is 1. The van der Waals surface area contributed by atoms with Crippen LogP contribution in [0.15, 0.2) is 46.2 Å². The SMILES string of the molecule is CCCCCCN1c2ccc(C=O)cc2Sc2cc(B3OC(C)(C)C(C)(C)O3)ccc21. The Labute approximate surface area is 190 Å². The van der Waals surface area contributed by atoms with E-state index < -0.39 is 0 Å². The molecule has 0 saturated carbocycles. The zero-order valence-corrected chi connectivity index (χ0v) is 20.1. The van der Waals surface area contributed by atoms with Gasteiger partial charge in [-0.05, 0) is 69.9 Å². The molecule has 2 aliphatic rings. The van der Waals surface area contributed by atoms with Gasteiger partial charge in [-0.2, -0.15) is 0 Å². The van der Waals surface area contributed by atoms with Crippen LogP contribution in [0.25, 0.3) is 0 Å². The van der Waals surface area contributed by atoms with Crippen LogP contribution in [0.5, 0.6) is 0 Å². The Morgan fingerprint density at radius 2 is 1.58 bits per heavy atom. The molecule has 0 unspecified atom stereocenters. The van der Waals surface area contributed by atoms with E-state index in [2.05, 4.69) is 63.8 Å². The molecule has 2 aliphatic heterocycles. The van der Waals surface area contributed by atoms with Crippen LogP contribution in [0, 0.1) is 0 Å². The van der Waals surface area contributed by atoms with Crippen LogP contribution in [0.2, 0.25) is 0 Å². The minimum atomic E-state index is -0.378. The van der Waals surface area contributed by atoms with Gasteiger partial charge < -0.3 is 14.2 Å². The van der Waals surface area contributed by atoms with E-state index in [1.165, 1.54) is 35.5 Å². The second-order valence-electron chi connectivity index (χ2n) is 9.47. The van der Waals surface area contributed by atoms with Crippen molar-refractivity contribution in [2.45, 2.75) is 81.3 Å². The van der Waals surface area contributed by atoms with Crippen LogP contribution in [-0.2, 0) is 9.31 Å². The molecule has 2 aromatic rings. The molecule has 4 rings (SSSR count). The molecule has 1 fully saturated rings. The van der Waals surface area contributed by atoms with E-state index in [9.17, 15) is 4.79 Å². The van der Waals surface area contributed by atoms with Crippen LogP contribution in [0.3, 0.4) is 0 Å². The van der Waals surface area contributed by atoms with Gasteiger partial charge in [-0.3, -0.25) is 4.79 Å². The summed E-state index contributed by atoms with van der Waals surface area (Å²) in [6.07, 6.45) is 5.77. The summed E-state index contributed by atoms with van der Waals surface area (Å²) < 4.78 is 12.5. The molecule has 2 aromatic carbocycles. The third kappa shape index (κ3) is 4.30. The topological polar surface area (TPSA) is 38.8 Å². The molecule has 31 heavy (non-hydrogen) atoms. The van der Waals surface area contributed by atoms with Gasteiger partial charge in [0.1, 0.15) is 6.29 Å². The highest BCUT2D eigenvalue weighted by Gasteiger charge is 2.51. The molecule has 0 radical (unpaired) electrons. The molecule has 1 saturated heterocycles. The lowest BCUT2D eigenvalue weighted by Gasteiger charge is -2.33. The molecule has 0 bridgehead atoms. The number of carbonyl (C=O) groups excluding carboxylic acids is 1. The summed E-state index contributed by atoms with van der Waals surface area (Å²) in [6, 6.07) is 12.5. The third-order valence-electron chi connectivity index (χ3n) is 6.67. The van der Waals surface area contributed by atoms with Gasteiger partial charge in [0.25, 0.3) is 0 Å². The Balaban J connectivity index is 1.66. The van der Waals surface area contributed by atoms with Crippen molar-refractivity contribution in [1.29, 1.82) is 0 Å². The van der Waals surface area contributed by atoms with Gasteiger partial charge in [-0.15, -0.1) is 0 Å². The second kappa shape index (κ2) is 8.65. The number of benzene rings is 2. The van der Waals surface area contributed by atoms with Crippen LogP contribution in [0.1, 0.15) is 70.7 Å². The molecule has 4 nitrogen and oxygen atoms in total. The standard InChI is InChI=1S/C25H32BNO3S/c1-6-7-8-9-14-27-20-12-10-18(17-28)15-22(20)31-23-16-19(11-13-21(23)27)26-29-24(2,3)25(4,5)30-26/h10-13,15-17H,6-9,14H2,1-5H3. The lowest BCUT2D eigenvalue weighted by Crippen LogP contribution is -2.41. The second-order valence-corrected chi connectivity index (χ2v) is 10.6. The van der Waals surface area contributed by atoms with E-state index in [4.69, 9.17) is 9.31 Å². The van der Waals surface area contributed by atoms with Gasteiger partial charge in [-0.1, -0.05) is 44.0 Å². The summed E-state index contributed by atoms with van der Waals surface area (Å²) >= 11 is 1.72. The van der Waals surface area contributed by atoms with E-state index in [1.54, 1.807) is 11.8 Å². The summed E-state index contributed by atoms with van der Waals surface area (Å²) in [5.41, 5.74) is 3.42. The number of rotatable bonds is 7. The summed E-state index contributed by atoms with van der Waals surface area (Å²) in [4.78, 5) is 16.1. The highest BCUT2D eigenvalue weighted by Crippen LogP contribution is 2.48. The predicted molar refractivity (Wildman–Crippen MR) is 129 cm³/mol. The van der Waals surface area contributed by atoms with Gasteiger partial charge >= 0.3 is 7.12 Å². The first kappa shape index (κ1) is 22.4. The molecule has 0 aliphatic carbocycles. The van der Waals surface area contributed by atoms with Crippen molar-refractivity contribution >= 4 is 42.0 Å². The molecule has 0 aromatic heterocycles. The maximum absolute atomic E-state index is 11.4. The number of fused-ring (bicyclic) bond motifs is 2. The van der Waals surface area contributed by atoms with E-state index >= 15 is 0 Å². The first-order valence-corrected chi connectivity index (χ1v) is 12.1. The summed E-state index contributed by atoms with van der Waals surface area (Å²) in [5.74, 6) is 0. The van der Waals surface area contributed by atoms with E-state index in [-0.39, 0.29) is 18.3 Å². The Hall–Kier alpha value is -1.76. The predicted octanol–water partition coefficient (Wildman–Crippen LogP) is 5.98. The Morgan fingerprint density at radius 3 is 2.23 bits per heavy atom. The Morgan fingerprint density at radius 1 is 0.935 bits per heavy atom. The number of nitrogens with zero attached hydrogens (tertiary/aromatic N) is 1. The minimum absolute atomic E-state index is 0.364. The van der Waals surface area contributed by atoms with Crippen LogP contribution < -0.4 is 10.4 Å². The average Bonchev–Trinajstić information content (AvgIpc) is 2.96. The maximum Gasteiger partial charge on any atom is 0.494 e. The molecule has 164 valence electrons. The lowest BCUT2D eigenvalue weighted by atomic mass is 9.79. The molecular weight excluding hydrogens is 405 g/mol. The monoisotopic (exact) mass is 437 g/mol. The molecule has 0 atom stereocenters. The molecule has 0 amide bonds. The summed E-state index contributed by atoms with van der Waals surface area (Å²) in [6.45, 7) is 11.5. The van der Waals surface area contributed by atoms with Gasteiger partial charge in [0.15, 0.2) is 0 Å². The van der Waals surface area contributed by atoms with E-state index in [1.807, 2.05) is 12.1 Å². The van der Waals surface area contributed by atoms with Crippen molar-refractivity contribution in [3.63, 3.8) is 0 Å².